The Kier molecular flexibility index (Phi) is 5.30. The lowest BCUT2D eigenvalue weighted by Gasteiger charge is -2.34. The average molecular weight is 354 g/mol. The summed E-state index contributed by atoms with van der Waals surface area (Å²) >= 11 is 0. The van der Waals surface area contributed by atoms with Crippen molar-refractivity contribution < 1.29 is 4.79 Å². The molecule has 0 bridgehead atoms. The van der Waals surface area contributed by atoms with Gasteiger partial charge in [0.1, 0.15) is 0 Å². The molecule has 0 unspecified atom stereocenters. The Hall–Kier alpha value is -1.81. The molecule has 0 radical (unpaired) electrons. The molecule has 26 heavy (non-hydrogen) atoms. The largest absolute Gasteiger partial charge is 0.361 e. The van der Waals surface area contributed by atoms with Gasteiger partial charge in [0.05, 0.1) is 5.92 Å². The van der Waals surface area contributed by atoms with E-state index < -0.39 is 0 Å². The molecule has 2 aromatic rings. The first-order valence-corrected chi connectivity index (χ1v) is 10.3. The molecule has 1 N–H and O–H groups in total. The van der Waals surface area contributed by atoms with Crippen molar-refractivity contribution >= 4 is 16.8 Å². The minimum atomic E-state index is 0.189. The number of H-pyrrole nitrogens is 1. The molecule has 1 aliphatic heterocycles. The summed E-state index contributed by atoms with van der Waals surface area (Å²) in [6.07, 6.45) is 10.3. The number of carbonyl (C=O) groups excluding carboxylic acids is 1. The second kappa shape index (κ2) is 7.83. The van der Waals surface area contributed by atoms with Gasteiger partial charge in [-0.1, -0.05) is 25.3 Å². The standard InChI is InChI=1S/C22H31N3O/c1-24-13-4-2-3-5-14-25(21-8-6-7-19(21)22(24)26)16-17-9-10-20-18(15-17)11-12-23-20/h9-12,15,19,21,23H,2-8,13-14,16H2,1H3/t19-,21+/m1/s1. The maximum atomic E-state index is 13.0. The lowest BCUT2D eigenvalue weighted by Crippen LogP contribution is -2.44. The number of carbonyl (C=O) groups is 1. The van der Waals surface area contributed by atoms with Gasteiger partial charge in [-0.05, 0) is 61.4 Å². The van der Waals surface area contributed by atoms with Gasteiger partial charge >= 0.3 is 0 Å². The normalized spacial score (nSPS) is 26.0. The molecule has 1 aromatic carbocycles. The average Bonchev–Trinajstić information content (AvgIpc) is 3.30. The molecule has 4 rings (SSSR count). The lowest BCUT2D eigenvalue weighted by molar-refractivity contribution is -0.136. The van der Waals surface area contributed by atoms with Crippen molar-refractivity contribution in [1.29, 1.82) is 0 Å². The zero-order chi connectivity index (χ0) is 17.9. The van der Waals surface area contributed by atoms with E-state index in [9.17, 15) is 4.79 Å². The Labute approximate surface area is 156 Å². The first kappa shape index (κ1) is 17.6. The third-order valence-corrected chi connectivity index (χ3v) is 6.33. The molecule has 1 amide bonds. The van der Waals surface area contributed by atoms with Gasteiger partial charge in [-0.25, -0.2) is 0 Å². The Morgan fingerprint density at radius 3 is 2.77 bits per heavy atom. The van der Waals surface area contributed by atoms with Gasteiger partial charge in [0.15, 0.2) is 0 Å². The highest BCUT2D eigenvalue weighted by atomic mass is 16.2. The Bertz CT molecular complexity index is 753. The number of fused-ring (bicyclic) bond motifs is 2. The summed E-state index contributed by atoms with van der Waals surface area (Å²) in [5, 5.41) is 1.28. The third-order valence-electron chi connectivity index (χ3n) is 6.33. The number of hydrogen-bond donors (Lipinski definition) is 1. The van der Waals surface area contributed by atoms with E-state index in [1.807, 2.05) is 18.1 Å². The van der Waals surface area contributed by atoms with Crippen LogP contribution in [0.25, 0.3) is 10.9 Å². The Morgan fingerprint density at radius 1 is 1.04 bits per heavy atom. The van der Waals surface area contributed by atoms with Crippen LogP contribution in [0.1, 0.15) is 50.5 Å². The molecule has 0 spiro atoms. The minimum absolute atomic E-state index is 0.189. The predicted octanol–water partition coefficient (Wildman–Crippen LogP) is 4.17. The summed E-state index contributed by atoms with van der Waals surface area (Å²) in [5.41, 5.74) is 2.56. The Morgan fingerprint density at radius 2 is 1.88 bits per heavy atom. The van der Waals surface area contributed by atoms with Gasteiger partial charge < -0.3 is 9.88 Å². The highest BCUT2D eigenvalue weighted by molar-refractivity contribution is 5.80. The van der Waals surface area contributed by atoms with E-state index in [2.05, 4.69) is 34.1 Å². The molecule has 2 aliphatic rings. The number of benzene rings is 1. The van der Waals surface area contributed by atoms with Crippen molar-refractivity contribution in [2.45, 2.75) is 57.5 Å². The summed E-state index contributed by atoms with van der Waals surface area (Å²) in [4.78, 5) is 20.9. The van der Waals surface area contributed by atoms with Gasteiger partial charge in [-0.2, -0.15) is 0 Å². The van der Waals surface area contributed by atoms with Gasteiger partial charge in [-0.15, -0.1) is 0 Å². The third kappa shape index (κ3) is 3.66. The molecular formula is C22H31N3O. The highest BCUT2D eigenvalue weighted by Crippen LogP contribution is 2.33. The number of rotatable bonds is 2. The fourth-order valence-corrected chi connectivity index (χ4v) is 4.87. The maximum Gasteiger partial charge on any atom is 0.227 e. The SMILES string of the molecule is CN1CCCCCCN(Cc2ccc3[nH]ccc3c2)[C@H]2CCC[C@H]2C1=O. The van der Waals surface area contributed by atoms with Crippen molar-refractivity contribution in [3.63, 3.8) is 0 Å². The second-order valence-electron chi connectivity index (χ2n) is 8.15. The van der Waals surface area contributed by atoms with Crippen LogP contribution >= 0.6 is 0 Å². The maximum absolute atomic E-state index is 13.0. The predicted molar refractivity (Wildman–Crippen MR) is 106 cm³/mol. The van der Waals surface area contributed by atoms with Gasteiger partial charge in [-0.3, -0.25) is 9.69 Å². The number of nitrogens with zero attached hydrogens (tertiary/aromatic N) is 2. The molecule has 140 valence electrons. The molecule has 1 saturated heterocycles. The van der Waals surface area contributed by atoms with Crippen molar-refractivity contribution in [3.8, 4) is 0 Å². The summed E-state index contributed by atoms with van der Waals surface area (Å²) in [5.74, 6) is 0.564. The van der Waals surface area contributed by atoms with Crippen LogP contribution in [0.2, 0.25) is 0 Å². The molecule has 4 heteroatoms. The Balaban J connectivity index is 1.57. The summed E-state index contributed by atoms with van der Waals surface area (Å²) < 4.78 is 0. The van der Waals surface area contributed by atoms with E-state index in [0.717, 1.165) is 38.9 Å². The van der Waals surface area contributed by atoms with Crippen LogP contribution in [0.15, 0.2) is 30.5 Å². The van der Waals surface area contributed by atoms with Crippen LogP contribution in [-0.2, 0) is 11.3 Å². The van der Waals surface area contributed by atoms with Gasteiger partial charge in [0, 0.05) is 37.9 Å². The summed E-state index contributed by atoms with van der Waals surface area (Å²) in [7, 11) is 2.00. The molecule has 1 aliphatic carbocycles. The van der Waals surface area contributed by atoms with E-state index >= 15 is 0 Å². The van der Waals surface area contributed by atoms with Crippen molar-refractivity contribution in [1.82, 2.24) is 14.8 Å². The zero-order valence-corrected chi connectivity index (χ0v) is 15.9. The van der Waals surface area contributed by atoms with Gasteiger partial charge in [0.2, 0.25) is 5.91 Å². The van der Waals surface area contributed by atoms with Crippen molar-refractivity contribution in [3.05, 3.63) is 36.0 Å². The van der Waals surface area contributed by atoms with Crippen LogP contribution in [0.3, 0.4) is 0 Å². The number of aromatic amines is 1. The summed E-state index contributed by atoms with van der Waals surface area (Å²) in [6.45, 7) is 2.99. The molecular weight excluding hydrogens is 322 g/mol. The van der Waals surface area contributed by atoms with Crippen LogP contribution in [-0.4, -0.2) is 46.9 Å². The van der Waals surface area contributed by atoms with Crippen molar-refractivity contribution in [2.24, 2.45) is 5.92 Å². The fourth-order valence-electron chi connectivity index (χ4n) is 4.87. The molecule has 1 saturated carbocycles. The van der Waals surface area contributed by atoms with Crippen LogP contribution in [0.5, 0.6) is 0 Å². The van der Waals surface area contributed by atoms with E-state index in [1.165, 1.54) is 42.1 Å². The number of amides is 1. The minimum Gasteiger partial charge on any atom is -0.361 e. The molecule has 4 nitrogen and oxygen atoms in total. The first-order chi connectivity index (χ1) is 12.7. The van der Waals surface area contributed by atoms with Crippen LogP contribution in [0.4, 0.5) is 0 Å². The smallest absolute Gasteiger partial charge is 0.227 e. The molecule has 2 fully saturated rings. The summed E-state index contributed by atoms with van der Waals surface area (Å²) in [6, 6.07) is 9.27. The monoisotopic (exact) mass is 353 g/mol. The van der Waals surface area contributed by atoms with Crippen LogP contribution < -0.4 is 0 Å². The quantitative estimate of drug-likeness (QED) is 0.880. The topological polar surface area (TPSA) is 39.3 Å². The first-order valence-electron chi connectivity index (χ1n) is 10.3. The number of nitrogens with one attached hydrogen (secondary N) is 1. The second-order valence-corrected chi connectivity index (χ2v) is 8.15. The number of aromatic nitrogens is 1. The zero-order valence-electron chi connectivity index (χ0n) is 15.9. The lowest BCUT2D eigenvalue weighted by atomic mass is 9.99. The van der Waals surface area contributed by atoms with E-state index in [1.54, 1.807) is 0 Å². The van der Waals surface area contributed by atoms with Gasteiger partial charge in [0.25, 0.3) is 0 Å². The molecule has 1 aromatic heterocycles. The van der Waals surface area contributed by atoms with Crippen LogP contribution in [0, 0.1) is 5.92 Å². The van der Waals surface area contributed by atoms with E-state index in [0.29, 0.717) is 11.9 Å². The molecule has 2 heterocycles. The number of hydrogen-bond acceptors (Lipinski definition) is 2. The van der Waals surface area contributed by atoms with E-state index in [4.69, 9.17) is 0 Å². The van der Waals surface area contributed by atoms with Crippen molar-refractivity contribution in [2.75, 3.05) is 20.1 Å². The fraction of sp³-hybridized carbons (Fsp3) is 0.591. The van der Waals surface area contributed by atoms with E-state index in [-0.39, 0.29) is 5.92 Å². The molecule has 2 atom stereocenters. The highest BCUT2D eigenvalue weighted by Gasteiger charge is 2.38.